The van der Waals surface area contributed by atoms with Crippen molar-refractivity contribution < 1.29 is 4.79 Å². The summed E-state index contributed by atoms with van der Waals surface area (Å²) in [4.78, 5) is 14.7. The maximum atomic E-state index is 12.1. The summed E-state index contributed by atoms with van der Waals surface area (Å²) >= 11 is 1.72. The molecule has 25 heavy (non-hydrogen) atoms. The number of amides is 1. The Balaban J connectivity index is 0.00000312. The minimum atomic E-state index is -0.407. The maximum Gasteiger partial charge on any atom is 0.237 e. The van der Waals surface area contributed by atoms with E-state index in [4.69, 9.17) is 5.73 Å². The van der Waals surface area contributed by atoms with E-state index in [1.165, 1.54) is 49.9 Å². The summed E-state index contributed by atoms with van der Waals surface area (Å²) in [6.07, 6.45) is 8.04. The molecule has 1 aliphatic heterocycles. The third-order valence-electron chi connectivity index (χ3n) is 4.63. The van der Waals surface area contributed by atoms with E-state index in [1.807, 2.05) is 12.3 Å². The lowest BCUT2D eigenvalue weighted by atomic mass is 10.1. The molecule has 1 heterocycles. The van der Waals surface area contributed by atoms with Crippen LogP contribution in [0.2, 0.25) is 0 Å². The molecule has 6 heteroatoms. The van der Waals surface area contributed by atoms with Crippen molar-refractivity contribution >= 4 is 30.1 Å². The molecule has 1 fully saturated rings. The molecule has 1 aliphatic rings. The molecule has 0 spiro atoms. The van der Waals surface area contributed by atoms with Gasteiger partial charge in [-0.05, 0) is 55.5 Å². The lowest BCUT2D eigenvalue weighted by molar-refractivity contribution is -0.122. The van der Waals surface area contributed by atoms with Crippen molar-refractivity contribution in [1.82, 2.24) is 10.2 Å². The number of nitrogens with two attached hydrogens (primary N) is 1. The Labute approximate surface area is 162 Å². The first-order valence-electron chi connectivity index (χ1n) is 9.02. The fraction of sp³-hybridized carbons (Fsp3) is 0.632. The molecule has 1 saturated heterocycles. The maximum absolute atomic E-state index is 12.1. The SMILES string of the molecule is CSCC[C@H](N)C(=O)NCc1ccccc1CN1CCCCCC1.Cl. The largest absolute Gasteiger partial charge is 0.351 e. The molecule has 0 unspecified atom stereocenters. The topological polar surface area (TPSA) is 58.4 Å². The molecule has 1 atom stereocenters. The van der Waals surface area contributed by atoms with Crippen molar-refractivity contribution in [2.75, 3.05) is 25.1 Å². The quantitative estimate of drug-likeness (QED) is 0.721. The van der Waals surface area contributed by atoms with Gasteiger partial charge in [0.15, 0.2) is 0 Å². The van der Waals surface area contributed by atoms with Crippen molar-refractivity contribution in [3.05, 3.63) is 35.4 Å². The Morgan fingerprint density at radius 1 is 1.20 bits per heavy atom. The van der Waals surface area contributed by atoms with Gasteiger partial charge in [-0.25, -0.2) is 0 Å². The second kappa shape index (κ2) is 12.6. The molecule has 142 valence electrons. The van der Waals surface area contributed by atoms with Crippen LogP contribution in [0.4, 0.5) is 0 Å². The first-order valence-corrected chi connectivity index (χ1v) is 10.4. The van der Waals surface area contributed by atoms with Crippen LogP contribution in [0.3, 0.4) is 0 Å². The third-order valence-corrected chi connectivity index (χ3v) is 5.28. The minimum absolute atomic E-state index is 0. The fourth-order valence-corrected chi connectivity index (χ4v) is 3.60. The molecular weight excluding hydrogens is 354 g/mol. The van der Waals surface area contributed by atoms with Gasteiger partial charge in [-0.2, -0.15) is 11.8 Å². The number of likely N-dealkylation sites (tertiary alicyclic amines) is 1. The molecule has 4 nitrogen and oxygen atoms in total. The highest BCUT2D eigenvalue weighted by Crippen LogP contribution is 2.16. The number of halogens is 1. The van der Waals surface area contributed by atoms with Gasteiger partial charge in [0, 0.05) is 13.1 Å². The van der Waals surface area contributed by atoms with Gasteiger partial charge in [-0.3, -0.25) is 9.69 Å². The molecule has 2 rings (SSSR count). The van der Waals surface area contributed by atoms with E-state index in [9.17, 15) is 4.79 Å². The number of carbonyl (C=O) groups is 1. The summed E-state index contributed by atoms with van der Waals surface area (Å²) in [6, 6.07) is 8.01. The van der Waals surface area contributed by atoms with Gasteiger partial charge >= 0.3 is 0 Å². The van der Waals surface area contributed by atoms with E-state index < -0.39 is 6.04 Å². The molecule has 1 aromatic rings. The summed E-state index contributed by atoms with van der Waals surface area (Å²) in [5.41, 5.74) is 8.46. The number of rotatable bonds is 8. The van der Waals surface area contributed by atoms with Gasteiger partial charge < -0.3 is 11.1 Å². The van der Waals surface area contributed by atoms with Gasteiger partial charge in [0.2, 0.25) is 5.91 Å². The Kier molecular flexibility index (Phi) is 11.2. The number of nitrogens with zero attached hydrogens (tertiary/aromatic N) is 1. The van der Waals surface area contributed by atoms with Crippen LogP contribution in [0, 0.1) is 0 Å². The van der Waals surface area contributed by atoms with E-state index in [-0.39, 0.29) is 18.3 Å². The van der Waals surface area contributed by atoms with E-state index in [2.05, 4.69) is 28.4 Å². The number of hydrogen-bond donors (Lipinski definition) is 2. The Morgan fingerprint density at radius 2 is 1.84 bits per heavy atom. The van der Waals surface area contributed by atoms with Crippen molar-refractivity contribution in [2.45, 2.75) is 51.2 Å². The highest BCUT2D eigenvalue weighted by atomic mass is 35.5. The van der Waals surface area contributed by atoms with Gasteiger partial charge in [0.25, 0.3) is 0 Å². The zero-order valence-electron chi connectivity index (χ0n) is 15.2. The first-order chi connectivity index (χ1) is 11.7. The summed E-state index contributed by atoms with van der Waals surface area (Å²) in [5.74, 6) is 0.869. The van der Waals surface area contributed by atoms with E-state index in [0.29, 0.717) is 6.54 Å². The molecular formula is C19H32ClN3OS. The average Bonchev–Trinajstić information content (AvgIpc) is 2.87. The predicted octanol–water partition coefficient (Wildman–Crippen LogP) is 3.18. The smallest absolute Gasteiger partial charge is 0.237 e. The lowest BCUT2D eigenvalue weighted by Crippen LogP contribution is -2.40. The number of nitrogens with one attached hydrogen (secondary N) is 1. The van der Waals surface area contributed by atoms with Crippen LogP contribution in [-0.2, 0) is 17.9 Å². The van der Waals surface area contributed by atoms with Crippen LogP contribution in [-0.4, -0.2) is 41.9 Å². The van der Waals surface area contributed by atoms with Crippen molar-refractivity contribution in [3.8, 4) is 0 Å². The molecule has 1 aromatic carbocycles. The van der Waals surface area contributed by atoms with E-state index >= 15 is 0 Å². The highest BCUT2D eigenvalue weighted by molar-refractivity contribution is 7.98. The zero-order valence-corrected chi connectivity index (χ0v) is 16.8. The summed E-state index contributed by atoms with van der Waals surface area (Å²) in [6.45, 7) is 3.90. The molecule has 1 amide bonds. The van der Waals surface area contributed by atoms with Crippen LogP contribution in [0.25, 0.3) is 0 Å². The molecule has 0 aliphatic carbocycles. The van der Waals surface area contributed by atoms with Crippen molar-refractivity contribution in [2.24, 2.45) is 5.73 Å². The van der Waals surface area contributed by atoms with Gasteiger partial charge in [-0.15, -0.1) is 12.4 Å². The predicted molar refractivity (Wildman–Crippen MR) is 110 cm³/mol. The Bertz CT molecular complexity index is 507. The minimum Gasteiger partial charge on any atom is -0.351 e. The molecule has 0 radical (unpaired) electrons. The Hall–Kier alpha value is -0.750. The molecule has 0 bridgehead atoms. The fourth-order valence-electron chi connectivity index (χ4n) is 3.11. The molecule has 0 saturated carbocycles. The standard InChI is InChI=1S/C19H31N3OS.ClH/c1-24-13-10-18(20)19(23)21-14-16-8-4-5-9-17(16)15-22-11-6-2-3-7-12-22;/h4-5,8-9,18H,2-3,6-7,10-15,20H2,1H3,(H,21,23);1H/t18-;/m0./s1. The monoisotopic (exact) mass is 385 g/mol. The summed E-state index contributed by atoms with van der Waals surface area (Å²) in [5, 5.41) is 3.01. The van der Waals surface area contributed by atoms with Crippen LogP contribution in [0.15, 0.2) is 24.3 Å². The van der Waals surface area contributed by atoms with E-state index in [0.717, 1.165) is 18.7 Å². The third kappa shape index (κ3) is 7.99. The van der Waals surface area contributed by atoms with E-state index in [1.54, 1.807) is 11.8 Å². The molecule has 3 N–H and O–H groups in total. The first kappa shape index (κ1) is 22.3. The number of thioether (sulfide) groups is 1. The average molecular weight is 386 g/mol. The molecule has 0 aromatic heterocycles. The number of carbonyl (C=O) groups excluding carboxylic acids is 1. The summed E-state index contributed by atoms with van der Waals surface area (Å²) in [7, 11) is 0. The zero-order chi connectivity index (χ0) is 17.2. The highest BCUT2D eigenvalue weighted by Gasteiger charge is 2.14. The van der Waals surface area contributed by atoms with Crippen LogP contribution >= 0.6 is 24.2 Å². The van der Waals surface area contributed by atoms with Crippen molar-refractivity contribution in [1.29, 1.82) is 0 Å². The number of benzene rings is 1. The van der Waals surface area contributed by atoms with Crippen LogP contribution in [0.1, 0.15) is 43.2 Å². The lowest BCUT2D eigenvalue weighted by Gasteiger charge is -2.22. The number of hydrogen-bond acceptors (Lipinski definition) is 4. The van der Waals surface area contributed by atoms with Gasteiger partial charge in [-0.1, -0.05) is 37.1 Å². The van der Waals surface area contributed by atoms with Crippen LogP contribution < -0.4 is 11.1 Å². The van der Waals surface area contributed by atoms with Gasteiger partial charge in [0.05, 0.1) is 6.04 Å². The van der Waals surface area contributed by atoms with Crippen molar-refractivity contribution in [3.63, 3.8) is 0 Å². The summed E-state index contributed by atoms with van der Waals surface area (Å²) < 4.78 is 0. The van der Waals surface area contributed by atoms with Crippen LogP contribution in [0.5, 0.6) is 0 Å². The second-order valence-corrected chi connectivity index (χ2v) is 7.55. The normalized spacial score (nSPS) is 16.6. The second-order valence-electron chi connectivity index (χ2n) is 6.56. The Morgan fingerprint density at radius 3 is 2.48 bits per heavy atom. The van der Waals surface area contributed by atoms with Gasteiger partial charge in [0.1, 0.15) is 0 Å².